The maximum Gasteiger partial charge on any atom is 0.325 e. The second-order valence-electron chi connectivity index (χ2n) is 4.74. The number of aryl methyl sites for hydroxylation is 1. The molecule has 2 heterocycles. The first-order chi connectivity index (χ1) is 10.4. The smallest absolute Gasteiger partial charge is 0.325 e. The number of aromatic nitrogens is 4. The normalized spacial score (nSPS) is 10.7. The molecule has 118 valence electrons. The number of nitrogens with zero attached hydrogens (tertiary/aromatic N) is 5. The van der Waals surface area contributed by atoms with Gasteiger partial charge in [0, 0.05) is 19.8 Å². The predicted molar refractivity (Wildman–Crippen MR) is 81.3 cm³/mol. The molecule has 0 bridgehead atoms. The minimum Gasteiger partial charge on any atom is -0.480 e. The van der Waals surface area contributed by atoms with Gasteiger partial charge in [-0.05, 0) is 22.9 Å². The monoisotopic (exact) mass is 369 g/mol. The molecule has 9 heteroatoms. The van der Waals surface area contributed by atoms with E-state index in [1.807, 2.05) is 11.6 Å². The summed E-state index contributed by atoms with van der Waals surface area (Å²) in [5.41, 5.74) is 1.25. The molecule has 22 heavy (non-hydrogen) atoms. The number of hydrogen-bond acceptors (Lipinski definition) is 4. The van der Waals surface area contributed by atoms with Crippen LogP contribution in [0.2, 0.25) is 0 Å². The van der Waals surface area contributed by atoms with Gasteiger partial charge in [0.2, 0.25) is 0 Å². The van der Waals surface area contributed by atoms with Crippen LogP contribution in [0.1, 0.15) is 23.0 Å². The second-order valence-corrected chi connectivity index (χ2v) is 5.59. The van der Waals surface area contributed by atoms with Gasteiger partial charge in [-0.25, -0.2) is 0 Å². The topological polar surface area (TPSA) is 93.3 Å². The molecular formula is C13H16BrN5O3. The van der Waals surface area contributed by atoms with Crippen LogP contribution in [0.15, 0.2) is 23.1 Å². The van der Waals surface area contributed by atoms with Crippen LogP contribution in [0.3, 0.4) is 0 Å². The van der Waals surface area contributed by atoms with Crippen LogP contribution < -0.4 is 0 Å². The van der Waals surface area contributed by atoms with Crippen LogP contribution in [0.25, 0.3) is 0 Å². The maximum atomic E-state index is 12.4. The van der Waals surface area contributed by atoms with E-state index in [0.717, 1.165) is 10.2 Å². The Labute approximate surface area is 135 Å². The van der Waals surface area contributed by atoms with Crippen LogP contribution in [0, 0.1) is 0 Å². The highest BCUT2D eigenvalue weighted by Gasteiger charge is 2.18. The lowest BCUT2D eigenvalue weighted by Gasteiger charge is -2.17. The zero-order valence-corrected chi connectivity index (χ0v) is 13.8. The third-order valence-corrected chi connectivity index (χ3v) is 3.77. The number of halogens is 1. The molecular weight excluding hydrogens is 354 g/mol. The van der Waals surface area contributed by atoms with Crippen LogP contribution in [0.4, 0.5) is 0 Å². The van der Waals surface area contributed by atoms with Gasteiger partial charge in [-0.15, -0.1) is 0 Å². The summed E-state index contributed by atoms with van der Waals surface area (Å²) in [6.45, 7) is 2.79. The number of carboxylic acids is 1. The van der Waals surface area contributed by atoms with Crippen molar-refractivity contribution in [1.82, 2.24) is 24.5 Å². The van der Waals surface area contributed by atoms with Gasteiger partial charge in [-0.3, -0.25) is 19.0 Å². The lowest BCUT2D eigenvalue weighted by Crippen LogP contribution is -2.27. The lowest BCUT2D eigenvalue weighted by molar-refractivity contribution is -0.137. The highest BCUT2D eigenvalue weighted by Crippen LogP contribution is 2.18. The fraction of sp³-hybridized carbons (Fsp3) is 0.385. The summed E-state index contributed by atoms with van der Waals surface area (Å²) in [5, 5.41) is 16.8. The molecule has 8 nitrogen and oxygen atoms in total. The van der Waals surface area contributed by atoms with E-state index < -0.39 is 5.97 Å². The van der Waals surface area contributed by atoms with E-state index in [1.165, 1.54) is 22.0 Å². The molecule has 0 spiro atoms. The number of aliphatic carboxylic acids is 1. The average molecular weight is 370 g/mol. The number of carboxylic acid groups (broad SMARTS) is 1. The quantitative estimate of drug-likeness (QED) is 0.825. The number of carbonyl (C=O) groups excluding carboxylic acids is 1. The van der Waals surface area contributed by atoms with Crippen molar-refractivity contribution in [2.24, 2.45) is 0 Å². The molecule has 0 radical (unpaired) electrons. The molecule has 0 saturated heterocycles. The minimum absolute atomic E-state index is 0.229. The summed E-state index contributed by atoms with van der Waals surface area (Å²) in [5.74, 6) is -1.24. The Morgan fingerprint density at radius 2 is 2.09 bits per heavy atom. The Bertz CT molecular complexity index is 694. The summed E-state index contributed by atoms with van der Waals surface area (Å²) in [6.07, 6.45) is 4.50. The summed E-state index contributed by atoms with van der Waals surface area (Å²) in [6, 6.07) is 0. The molecule has 1 N–H and O–H groups in total. The number of hydrogen-bond donors (Lipinski definition) is 1. The van der Waals surface area contributed by atoms with Crippen LogP contribution in [0.5, 0.6) is 0 Å². The maximum absolute atomic E-state index is 12.4. The predicted octanol–water partition coefficient (Wildman–Crippen LogP) is 1.22. The van der Waals surface area contributed by atoms with Gasteiger partial charge in [-0.1, -0.05) is 0 Å². The summed E-state index contributed by atoms with van der Waals surface area (Å²) >= 11 is 3.42. The van der Waals surface area contributed by atoms with Crippen molar-refractivity contribution in [3.63, 3.8) is 0 Å². The second kappa shape index (κ2) is 6.73. The molecule has 2 rings (SSSR count). The number of amides is 1. The average Bonchev–Trinajstić information content (AvgIpc) is 3.05. The molecule has 0 aliphatic heterocycles. The molecule has 0 aromatic carbocycles. The first-order valence-electron chi connectivity index (χ1n) is 6.62. The molecule has 0 atom stereocenters. The lowest BCUT2D eigenvalue weighted by atomic mass is 10.3. The zero-order valence-electron chi connectivity index (χ0n) is 12.2. The van der Waals surface area contributed by atoms with Gasteiger partial charge in [0.1, 0.15) is 6.54 Å². The van der Waals surface area contributed by atoms with E-state index in [-0.39, 0.29) is 12.5 Å². The Morgan fingerprint density at radius 1 is 1.36 bits per heavy atom. The molecule has 0 aliphatic rings. The van der Waals surface area contributed by atoms with Crippen LogP contribution in [-0.2, 0) is 24.4 Å². The molecule has 2 aromatic rings. The molecule has 1 amide bonds. The van der Waals surface area contributed by atoms with E-state index in [9.17, 15) is 9.59 Å². The van der Waals surface area contributed by atoms with Crippen molar-refractivity contribution in [2.75, 3.05) is 7.05 Å². The van der Waals surface area contributed by atoms with E-state index >= 15 is 0 Å². The third kappa shape index (κ3) is 3.53. The van der Waals surface area contributed by atoms with E-state index in [2.05, 4.69) is 26.1 Å². The van der Waals surface area contributed by atoms with Crippen molar-refractivity contribution in [1.29, 1.82) is 0 Å². The fourth-order valence-corrected chi connectivity index (χ4v) is 2.46. The fourth-order valence-electron chi connectivity index (χ4n) is 2.03. The summed E-state index contributed by atoms with van der Waals surface area (Å²) in [4.78, 5) is 24.5. The van der Waals surface area contributed by atoms with Crippen molar-refractivity contribution in [2.45, 2.75) is 26.6 Å². The Balaban J connectivity index is 2.10. The Morgan fingerprint density at radius 3 is 2.73 bits per heavy atom. The Kier molecular flexibility index (Phi) is 4.96. The molecule has 0 aliphatic carbocycles. The van der Waals surface area contributed by atoms with E-state index in [4.69, 9.17) is 5.11 Å². The van der Waals surface area contributed by atoms with Gasteiger partial charge < -0.3 is 10.0 Å². The van der Waals surface area contributed by atoms with Gasteiger partial charge in [0.05, 0.1) is 34.7 Å². The van der Waals surface area contributed by atoms with Crippen LogP contribution >= 0.6 is 15.9 Å². The largest absolute Gasteiger partial charge is 0.480 e. The highest BCUT2D eigenvalue weighted by molar-refractivity contribution is 9.10. The van der Waals surface area contributed by atoms with Crippen molar-refractivity contribution in [3.8, 4) is 0 Å². The van der Waals surface area contributed by atoms with E-state index in [0.29, 0.717) is 18.7 Å². The first-order valence-corrected chi connectivity index (χ1v) is 7.41. The molecule has 0 unspecified atom stereocenters. The summed E-state index contributed by atoms with van der Waals surface area (Å²) in [7, 11) is 1.68. The van der Waals surface area contributed by atoms with Crippen LogP contribution in [-0.4, -0.2) is 48.5 Å². The minimum atomic E-state index is -1.01. The SMILES string of the molecule is CCn1ncc(Br)c1CN(C)C(=O)c1cnn(CC(=O)O)c1. The molecule has 0 fully saturated rings. The zero-order chi connectivity index (χ0) is 16.3. The highest BCUT2D eigenvalue weighted by atomic mass is 79.9. The molecule has 0 saturated carbocycles. The standard InChI is InChI=1S/C13H16BrN5O3/c1-3-19-11(10(14)5-16-19)7-17(2)13(22)9-4-15-18(6-9)8-12(20)21/h4-6H,3,7-8H2,1-2H3,(H,20,21). The summed E-state index contributed by atoms with van der Waals surface area (Å²) < 4.78 is 3.87. The number of carbonyl (C=O) groups is 2. The number of rotatable bonds is 6. The van der Waals surface area contributed by atoms with Crippen molar-refractivity contribution in [3.05, 3.63) is 34.3 Å². The Hall–Kier alpha value is -2.16. The molecule has 2 aromatic heterocycles. The van der Waals surface area contributed by atoms with Gasteiger partial charge >= 0.3 is 5.97 Å². The van der Waals surface area contributed by atoms with E-state index in [1.54, 1.807) is 13.2 Å². The van der Waals surface area contributed by atoms with Crippen molar-refractivity contribution < 1.29 is 14.7 Å². The van der Waals surface area contributed by atoms with Gasteiger partial charge in [0.25, 0.3) is 5.91 Å². The van der Waals surface area contributed by atoms with Crippen molar-refractivity contribution >= 4 is 27.8 Å². The first kappa shape index (κ1) is 16.2. The third-order valence-electron chi connectivity index (χ3n) is 3.11. The van der Waals surface area contributed by atoms with Gasteiger partial charge in [0.15, 0.2) is 0 Å². The van der Waals surface area contributed by atoms with Gasteiger partial charge in [-0.2, -0.15) is 10.2 Å².